The molecule has 1 aliphatic rings. The maximum absolute atomic E-state index is 12.5. The molecule has 1 fully saturated rings. The van der Waals surface area contributed by atoms with Crippen molar-refractivity contribution < 1.29 is 14.0 Å². The zero-order valence-corrected chi connectivity index (χ0v) is 13.5. The summed E-state index contributed by atoms with van der Waals surface area (Å²) in [6, 6.07) is 8.48. The molecule has 1 aromatic heterocycles. The third kappa shape index (κ3) is 3.00. The molecule has 3 amide bonds. The van der Waals surface area contributed by atoms with Crippen molar-refractivity contribution in [1.82, 2.24) is 10.2 Å². The number of hydrogen-bond donors (Lipinski definition) is 1. The van der Waals surface area contributed by atoms with E-state index < -0.39 is 6.03 Å². The second kappa shape index (κ2) is 5.93. The lowest BCUT2D eigenvalue weighted by molar-refractivity contribution is -0.123. The fourth-order valence-corrected chi connectivity index (χ4v) is 2.66. The normalized spacial score (nSPS) is 16.3. The van der Waals surface area contributed by atoms with Crippen LogP contribution < -0.4 is 5.32 Å². The van der Waals surface area contributed by atoms with E-state index >= 15 is 0 Å². The zero-order valence-electron chi connectivity index (χ0n) is 12.7. The number of carbonyl (C=O) groups excluding carboxylic acids is 2. The predicted octanol–water partition coefficient (Wildman–Crippen LogP) is 3.64. The molecular weight excluding hydrogens is 316 g/mol. The van der Waals surface area contributed by atoms with Gasteiger partial charge in [-0.1, -0.05) is 29.8 Å². The van der Waals surface area contributed by atoms with Gasteiger partial charge in [0, 0.05) is 10.6 Å². The third-order valence-corrected chi connectivity index (χ3v) is 4.00. The fraction of sp³-hybridized carbons (Fsp3) is 0.176. The third-order valence-electron chi connectivity index (χ3n) is 3.63. The van der Waals surface area contributed by atoms with Crippen LogP contribution >= 0.6 is 11.6 Å². The Kier molecular flexibility index (Phi) is 3.96. The zero-order chi connectivity index (χ0) is 16.6. The number of amides is 3. The lowest BCUT2D eigenvalue weighted by Crippen LogP contribution is -2.30. The Morgan fingerprint density at radius 3 is 2.65 bits per heavy atom. The van der Waals surface area contributed by atoms with Crippen LogP contribution in [0.4, 0.5) is 4.79 Å². The number of benzene rings is 1. The van der Waals surface area contributed by atoms with Crippen molar-refractivity contribution in [2.45, 2.75) is 20.4 Å². The minimum atomic E-state index is -0.459. The average Bonchev–Trinajstić information content (AvgIpc) is 2.95. The van der Waals surface area contributed by atoms with Gasteiger partial charge in [0.15, 0.2) is 0 Å². The Morgan fingerprint density at radius 2 is 2.00 bits per heavy atom. The molecule has 118 valence electrons. The molecule has 0 aliphatic carbocycles. The van der Waals surface area contributed by atoms with Gasteiger partial charge in [0.05, 0.1) is 6.54 Å². The Morgan fingerprint density at radius 1 is 1.26 bits per heavy atom. The summed E-state index contributed by atoms with van der Waals surface area (Å²) >= 11 is 6.09. The van der Waals surface area contributed by atoms with E-state index in [1.807, 2.05) is 26.0 Å². The molecule has 0 bridgehead atoms. The number of urea groups is 1. The monoisotopic (exact) mass is 330 g/mol. The molecule has 1 aromatic carbocycles. The number of halogens is 1. The van der Waals surface area contributed by atoms with Crippen LogP contribution in [-0.4, -0.2) is 16.8 Å². The van der Waals surface area contributed by atoms with Crippen molar-refractivity contribution in [3.8, 4) is 0 Å². The molecule has 23 heavy (non-hydrogen) atoms. The summed E-state index contributed by atoms with van der Waals surface area (Å²) in [5.41, 5.74) is 1.71. The van der Waals surface area contributed by atoms with Crippen LogP contribution in [0.1, 0.15) is 22.6 Å². The summed E-state index contributed by atoms with van der Waals surface area (Å²) in [4.78, 5) is 25.7. The molecule has 6 heteroatoms. The number of nitrogens with one attached hydrogen (secondary N) is 1. The molecule has 1 saturated heterocycles. The number of aryl methyl sites for hydroxylation is 2. The van der Waals surface area contributed by atoms with Crippen LogP contribution in [0.15, 0.2) is 40.4 Å². The molecule has 5 nitrogen and oxygen atoms in total. The van der Waals surface area contributed by atoms with E-state index in [9.17, 15) is 9.59 Å². The fourth-order valence-electron chi connectivity index (χ4n) is 2.46. The van der Waals surface area contributed by atoms with E-state index in [0.717, 1.165) is 16.2 Å². The highest BCUT2D eigenvalue weighted by Crippen LogP contribution is 2.23. The highest BCUT2D eigenvalue weighted by Gasteiger charge is 2.34. The maximum Gasteiger partial charge on any atom is 0.329 e. The second-order valence-corrected chi connectivity index (χ2v) is 5.75. The summed E-state index contributed by atoms with van der Waals surface area (Å²) in [7, 11) is 0. The maximum atomic E-state index is 12.5. The van der Waals surface area contributed by atoms with Crippen LogP contribution in [0.2, 0.25) is 5.02 Å². The Bertz CT molecular complexity index is 823. The van der Waals surface area contributed by atoms with Crippen LogP contribution in [0.25, 0.3) is 6.08 Å². The van der Waals surface area contributed by atoms with Crippen LogP contribution in [0.5, 0.6) is 0 Å². The first-order chi connectivity index (χ1) is 11.0. The lowest BCUT2D eigenvalue weighted by atomic mass is 10.2. The summed E-state index contributed by atoms with van der Waals surface area (Å²) < 4.78 is 5.43. The van der Waals surface area contributed by atoms with E-state index in [2.05, 4.69) is 5.32 Å². The quantitative estimate of drug-likeness (QED) is 0.690. The van der Waals surface area contributed by atoms with Crippen molar-refractivity contribution in [2.24, 2.45) is 0 Å². The van der Waals surface area contributed by atoms with Crippen LogP contribution in [0.3, 0.4) is 0 Å². The Hall–Kier alpha value is -2.53. The minimum Gasteiger partial charge on any atom is -0.466 e. The van der Waals surface area contributed by atoms with Gasteiger partial charge >= 0.3 is 6.03 Å². The minimum absolute atomic E-state index is 0.130. The van der Waals surface area contributed by atoms with E-state index in [-0.39, 0.29) is 18.1 Å². The van der Waals surface area contributed by atoms with Crippen molar-refractivity contribution in [2.75, 3.05) is 0 Å². The van der Waals surface area contributed by atoms with Gasteiger partial charge in [0.25, 0.3) is 5.91 Å². The predicted molar refractivity (Wildman–Crippen MR) is 86.7 cm³/mol. The number of nitrogens with zero attached hydrogens (tertiary/aromatic N) is 1. The van der Waals surface area contributed by atoms with Gasteiger partial charge < -0.3 is 9.73 Å². The van der Waals surface area contributed by atoms with E-state index in [4.69, 9.17) is 16.0 Å². The molecular formula is C17H15ClN2O3. The molecule has 2 aromatic rings. The summed E-state index contributed by atoms with van der Waals surface area (Å²) in [5, 5.41) is 3.11. The van der Waals surface area contributed by atoms with Gasteiger partial charge in [0.2, 0.25) is 0 Å². The molecule has 0 spiro atoms. The topological polar surface area (TPSA) is 62.6 Å². The molecule has 1 aliphatic heterocycles. The van der Waals surface area contributed by atoms with Crippen molar-refractivity contribution in [3.05, 3.63) is 63.7 Å². The smallest absolute Gasteiger partial charge is 0.329 e. The number of rotatable bonds is 3. The number of furan rings is 1. The van der Waals surface area contributed by atoms with Gasteiger partial charge in [-0.3, -0.25) is 9.69 Å². The van der Waals surface area contributed by atoms with Gasteiger partial charge in [-0.15, -0.1) is 0 Å². The summed E-state index contributed by atoms with van der Waals surface area (Å²) in [6.07, 6.45) is 1.62. The molecule has 3 rings (SSSR count). The molecule has 0 radical (unpaired) electrons. The highest BCUT2D eigenvalue weighted by molar-refractivity contribution is 6.31. The first kappa shape index (κ1) is 15.4. The molecule has 2 heterocycles. The lowest BCUT2D eigenvalue weighted by Gasteiger charge is -2.12. The van der Waals surface area contributed by atoms with E-state index in [1.54, 1.807) is 24.3 Å². The number of hydrogen-bond acceptors (Lipinski definition) is 3. The SMILES string of the molecule is Cc1cc(/C=C2\NC(=O)N(Cc3ccccc3Cl)C2=O)c(C)o1. The van der Waals surface area contributed by atoms with Crippen LogP contribution in [0, 0.1) is 13.8 Å². The highest BCUT2D eigenvalue weighted by atomic mass is 35.5. The van der Waals surface area contributed by atoms with Crippen molar-refractivity contribution >= 4 is 29.6 Å². The first-order valence-electron chi connectivity index (χ1n) is 7.10. The van der Waals surface area contributed by atoms with E-state index in [1.165, 1.54) is 0 Å². The van der Waals surface area contributed by atoms with Crippen molar-refractivity contribution in [3.63, 3.8) is 0 Å². The van der Waals surface area contributed by atoms with E-state index in [0.29, 0.717) is 16.3 Å². The average molecular weight is 331 g/mol. The van der Waals surface area contributed by atoms with Crippen LogP contribution in [-0.2, 0) is 11.3 Å². The van der Waals surface area contributed by atoms with Crippen molar-refractivity contribution in [1.29, 1.82) is 0 Å². The standard InChI is InChI=1S/C17H15ClN2O3/c1-10-7-13(11(2)23-10)8-15-16(21)20(17(22)19-15)9-12-5-3-4-6-14(12)18/h3-8H,9H2,1-2H3,(H,19,22)/b15-8-. The number of imide groups is 1. The largest absolute Gasteiger partial charge is 0.466 e. The summed E-state index contributed by atoms with van der Waals surface area (Å²) in [6.45, 7) is 3.76. The number of carbonyl (C=O) groups is 2. The molecule has 0 unspecified atom stereocenters. The van der Waals surface area contributed by atoms with Gasteiger partial charge in [-0.05, 0) is 37.6 Å². The van der Waals surface area contributed by atoms with Gasteiger partial charge in [-0.25, -0.2) is 4.79 Å². The molecule has 0 saturated carbocycles. The van der Waals surface area contributed by atoms with Gasteiger partial charge in [-0.2, -0.15) is 0 Å². The second-order valence-electron chi connectivity index (χ2n) is 5.34. The summed E-state index contributed by atoms with van der Waals surface area (Å²) in [5.74, 6) is 1.06. The molecule has 0 atom stereocenters. The Labute approximate surface area is 138 Å². The molecule has 1 N–H and O–H groups in total. The Balaban J connectivity index is 1.86. The first-order valence-corrected chi connectivity index (χ1v) is 7.48. The van der Waals surface area contributed by atoms with Gasteiger partial charge in [0.1, 0.15) is 17.2 Å².